The third kappa shape index (κ3) is 2.84. The number of aromatic carboxylic acids is 1. The molecule has 1 aromatic carbocycles. The van der Waals surface area contributed by atoms with Crippen molar-refractivity contribution in [3.63, 3.8) is 0 Å². The molecule has 5 nitrogen and oxygen atoms in total. The van der Waals surface area contributed by atoms with Gasteiger partial charge in [-0.1, -0.05) is 17.7 Å². The van der Waals surface area contributed by atoms with Gasteiger partial charge in [0.2, 0.25) is 11.7 Å². The Labute approximate surface area is 98.1 Å². The molecule has 0 unspecified atom stereocenters. The zero-order valence-electron chi connectivity index (χ0n) is 9.30. The fourth-order valence-corrected chi connectivity index (χ4v) is 1.34. The molecule has 0 bridgehead atoms. The Morgan fingerprint density at radius 2 is 2.12 bits per heavy atom. The normalized spacial score (nSPS) is 10.2. The molecule has 0 aliphatic heterocycles. The van der Waals surface area contributed by atoms with E-state index in [4.69, 9.17) is 9.52 Å². The molecule has 0 fully saturated rings. The Morgan fingerprint density at radius 3 is 2.71 bits per heavy atom. The molecule has 0 amide bonds. The first-order valence-corrected chi connectivity index (χ1v) is 5.13. The van der Waals surface area contributed by atoms with Gasteiger partial charge in [-0.25, -0.2) is 9.78 Å². The summed E-state index contributed by atoms with van der Waals surface area (Å²) in [4.78, 5) is 14.4. The molecule has 2 aromatic rings. The van der Waals surface area contributed by atoms with E-state index >= 15 is 0 Å². The highest BCUT2D eigenvalue weighted by molar-refractivity contribution is 5.83. The van der Waals surface area contributed by atoms with Gasteiger partial charge >= 0.3 is 5.97 Å². The number of aryl methyl sites for hydroxylation is 1. The first kappa shape index (κ1) is 11.2. The molecular weight excluding hydrogens is 220 g/mol. The second-order valence-electron chi connectivity index (χ2n) is 3.64. The molecule has 2 N–H and O–H groups in total. The number of carbonyl (C=O) groups is 1. The van der Waals surface area contributed by atoms with Gasteiger partial charge in [0.25, 0.3) is 0 Å². The van der Waals surface area contributed by atoms with Gasteiger partial charge in [-0.2, -0.15) is 0 Å². The molecule has 1 aromatic heterocycles. The highest BCUT2D eigenvalue weighted by Crippen LogP contribution is 2.11. The van der Waals surface area contributed by atoms with E-state index in [0.717, 1.165) is 5.69 Å². The summed E-state index contributed by atoms with van der Waals surface area (Å²) in [7, 11) is 0. The lowest BCUT2D eigenvalue weighted by atomic mass is 10.2. The molecule has 0 radical (unpaired) electrons. The molecular formula is C12H12N2O3. The number of hydrogen-bond acceptors (Lipinski definition) is 4. The Balaban J connectivity index is 1.97. The van der Waals surface area contributed by atoms with Gasteiger partial charge in [0.15, 0.2) is 0 Å². The first-order chi connectivity index (χ1) is 8.15. The van der Waals surface area contributed by atoms with Crippen LogP contribution in [-0.4, -0.2) is 16.1 Å². The molecule has 0 saturated heterocycles. The summed E-state index contributed by atoms with van der Waals surface area (Å²) >= 11 is 0. The number of rotatable bonds is 4. The van der Waals surface area contributed by atoms with Crippen LogP contribution in [0.25, 0.3) is 0 Å². The van der Waals surface area contributed by atoms with E-state index in [-0.39, 0.29) is 5.76 Å². The lowest BCUT2D eigenvalue weighted by Crippen LogP contribution is -1.99. The Morgan fingerprint density at radius 1 is 1.41 bits per heavy atom. The smallest absolute Gasteiger partial charge is 0.373 e. The summed E-state index contributed by atoms with van der Waals surface area (Å²) < 4.78 is 5.02. The molecule has 1 heterocycles. The minimum absolute atomic E-state index is 0.147. The van der Waals surface area contributed by atoms with Crippen LogP contribution < -0.4 is 5.32 Å². The maximum atomic E-state index is 10.6. The van der Waals surface area contributed by atoms with E-state index < -0.39 is 5.97 Å². The molecule has 0 aliphatic rings. The molecule has 2 rings (SSSR count). The number of oxazole rings is 1. The van der Waals surface area contributed by atoms with Crippen LogP contribution >= 0.6 is 0 Å². The molecule has 0 spiro atoms. The van der Waals surface area contributed by atoms with Crippen LogP contribution in [0.5, 0.6) is 0 Å². The number of nitrogens with zero attached hydrogens (tertiary/aromatic N) is 1. The molecule has 88 valence electrons. The van der Waals surface area contributed by atoms with Crippen molar-refractivity contribution < 1.29 is 14.3 Å². The number of nitrogens with one attached hydrogen (secondary N) is 1. The molecule has 0 aliphatic carbocycles. The van der Waals surface area contributed by atoms with Crippen molar-refractivity contribution in [3.05, 3.63) is 47.7 Å². The minimum Gasteiger partial charge on any atom is -0.475 e. The van der Waals surface area contributed by atoms with E-state index in [1.54, 1.807) is 0 Å². The van der Waals surface area contributed by atoms with Gasteiger partial charge in [-0.05, 0) is 19.1 Å². The second-order valence-corrected chi connectivity index (χ2v) is 3.64. The van der Waals surface area contributed by atoms with Crippen molar-refractivity contribution in [1.82, 2.24) is 4.98 Å². The minimum atomic E-state index is -1.11. The summed E-state index contributed by atoms with van der Waals surface area (Å²) in [5.74, 6) is -0.909. The number of benzene rings is 1. The van der Waals surface area contributed by atoms with Crippen LogP contribution in [0.15, 0.2) is 34.9 Å². The highest BCUT2D eigenvalue weighted by atomic mass is 16.4. The predicted octanol–water partition coefficient (Wildman–Crippen LogP) is 2.29. The number of aromatic nitrogens is 1. The number of carboxylic acid groups (broad SMARTS) is 1. The maximum Gasteiger partial charge on any atom is 0.373 e. The van der Waals surface area contributed by atoms with Gasteiger partial charge in [0.1, 0.15) is 0 Å². The number of carboxylic acids is 1. The highest BCUT2D eigenvalue weighted by Gasteiger charge is 2.09. The lowest BCUT2D eigenvalue weighted by Gasteiger charge is -2.03. The molecule has 17 heavy (non-hydrogen) atoms. The number of anilines is 1. The average Bonchev–Trinajstić information content (AvgIpc) is 2.77. The summed E-state index contributed by atoms with van der Waals surface area (Å²) in [5.41, 5.74) is 2.12. The fourth-order valence-electron chi connectivity index (χ4n) is 1.34. The zero-order valence-corrected chi connectivity index (χ0v) is 9.30. The van der Waals surface area contributed by atoms with Crippen LogP contribution in [0.2, 0.25) is 0 Å². The third-order valence-corrected chi connectivity index (χ3v) is 2.26. The van der Waals surface area contributed by atoms with Crippen LogP contribution in [0.1, 0.15) is 22.0 Å². The van der Waals surface area contributed by atoms with Crippen molar-refractivity contribution in [1.29, 1.82) is 0 Å². The van der Waals surface area contributed by atoms with Crippen molar-refractivity contribution >= 4 is 11.7 Å². The van der Waals surface area contributed by atoms with Crippen molar-refractivity contribution in [2.75, 3.05) is 5.32 Å². The van der Waals surface area contributed by atoms with Gasteiger partial charge in [0, 0.05) is 5.69 Å². The van der Waals surface area contributed by atoms with E-state index in [9.17, 15) is 4.79 Å². The van der Waals surface area contributed by atoms with E-state index in [1.807, 2.05) is 31.2 Å². The van der Waals surface area contributed by atoms with Crippen LogP contribution in [0, 0.1) is 6.92 Å². The van der Waals surface area contributed by atoms with E-state index in [2.05, 4.69) is 10.3 Å². The summed E-state index contributed by atoms with van der Waals surface area (Å²) in [6, 6.07) is 7.86. The zero-order chi connectivity index (χ0) is 12.3. The van der Waals surface area contributed by atoms with E-state index in [1.165, 1.54) is 11.8 Å². The van der Waals surface area contributed by atoms with Crippen LogP contribution in [0.4, 0.5) is 5.69 Å². The fraction of sp³-hybridized carbons (Fsp3) is 0.167. The molecule has 0 atom stereocenters. The van der Waals surface area contributed by atoms with Gasteiger partial charge in [-0.15, -0.1) is 0 Å². The summed E-state index contributed by atoms with van der Waals surface area (Å²) in [5, 5.41) is 11.8. The van der Waals surface area contributed by atoms with Gasteiger partial charge < -0.3 is 14.8 Å². The van der Waals surface area contributed by atoms with Crippen molar-refractivity contribution in [2.24, 2.45) is 0 Å². The van der Waals surface area contributed by atoms with Crippen LogP contribution in [0.3, 0.4) is 0 Å². The Hall–Kier alpha value is -2.30. The van der Waals surface area contributed by atoms with Gasteiger partial charge in [0.05, 0.1) is 12.7 Å². The molecule has 0 saturated carbocycles. The predicted molar refractivity (Wildman–Crippen MR) is 62.0 cm³/mol. The van der Waals surface area contributed by atoms with Crippen molar-refractivity contribution in [3.8, 4) is 0 Å². The number of hydrogen-bond donors (Lipinski definition) is 2. The van der Waals surface area contributed by atoms with E-state index in [0.29, 0.717) is 12.4 Å². The lowest BCUT2D eigenvalue weighted by molar-refractivity contribution is 0.0660. The monoisotopic (exact) mass is 232 g/mol. The van der Waals surface area contributed by atoms with Gasteiger partial charge in [-0.3, -0.25) is 0 Å². The SMILES string of the molecule is Cc1ccc(NCc2ncc(C(=O)O)o2)cc1. The molecule has 5 heteroatoms. The first-order valence-electron chi connectivity index (χ1n) is 5.13. The summed E-state index contributed by atoms with van der Waals surface area (Å²) in [6.07, 6.45) is 1.20. The van der Waals surface area contributed by atoms with Crippen molar-refractivity contribution in [2.45, 2.75) is 13.5 Å². The Bertz CT molecular complexity index is 517. The quantitative estimate of drug-likeness (QED) is 0.845. The summed E-state index contributed by atoms with van der Waals surface area (Å²) in [6.45, 7) is 2.37. The average molecular weight is 232 g/mol. The topological polar surface area (TPSA) is 75.4 Å². The second kappa shape index (κ2) is 4.69. The maximum absolute atomic E-state index is 10.6. The standard InChI is InChI=1S/C12H12N2O3/c1-8-2-4-9(5-3-8)13-7-11-14-6-10(17-11)12(15)16/h2-6,13H,7H2,1H3,(H,15,16). The Kier molecular flexibility index (Phi) is 3.09. The van der Waals surface area contributed by atoms with Crippen LogP contribution in [-0.2, 0) is 6.54 Å². The third-order valence-electron chi connectivity index (χ3n) is 2.26. The largest absolute Gasteiger partial charge is 0.475 e.